The molecule has 0 bridgehead atoms. The van der Waals surface area contributed by atoms with E-state index in [0.29, 0.717) is 5.75 Å². The van der Waals surface area contributed by atoms with E-state index >= 15 is 0 Å². The lowest BCUT2D eigenvalue weighted by atomic mass is 10.3. The maximum atomic E-state index is 11.7. The fourth-order valence-corrected chi connectivity index (χ4v) is 1.89. The van der Waals surface area contributed by atoms with Crippen molar-refractivity contribution < 1.29 is 17.9 Å². The van der Waals surface area contributed by atoms with E-state index in [1.165, 1.54) is 31.4 Å². The third-order valence-electron chi connectivity index (χ3n) is 2.02. The highest BCUT2D eigenvalue weighted by Gasteiger charge is 2.14. The van der Waals surface area contributed by atoms with Gasteiger partial charge in [0.1, 0.15) is 5.75 Å². The van der Waals surface area contributed by atoms with Crippen molar-refractivity contribution in [2.75, 3.05) is 7.11 Å². The van der Waals surface area contributed by atoms with E-state index in [4.69, 9.17) is 4.74 Å². The molecule has 6 nitrogen and oxygen atoms in total. The summed E-state index contributed by atoms with van der Waals surface area (Å²) in [6.07, 6.45) is 0.200. The molecule has 0 saturated heterocycles. The minimum absolute atomic E-state index is 0.0507. The van der Waals surface area contributed by atoms with Crippen molar-refractivity contribution in [1.29, 1.82) is 0 Å². The number of carbonyl (C=O) groups is 1. The lowest BCUT2D eigenvalue weighted by Gasteiger charge is -2.07. The number of nitrogens with one attached hydrogen (secondary N) is 2. The van der Waals surface area contributed by atoms with Crippen molar-refractivity contribution in [3.63, 3.8) is 0 Å². The van der Waals surface area contributed by atoms with Gasteiger partial charge in [0.05, 0.1) is 12.0 Å². The first-order valence-corrected chi connectivity index (χ1v) is 6.42. The van der Waals surface area contributed by atoms with Gasteiger partial charge in [0.25, 0.3) is 10.0 Å². The largest absolute Gasteiger partial charge is 0.497 e. The summed E-state index contributed by atoms with van der Waals surface area (Å²) in [6, 6.07) is 5.82. The second-order valence-corrected chi connectivity index (χ2v) is 4.87. The summed E-state index contributed by atoms with van der Waals surface area (Å²) in [5.74, 6) is 0.156. The topological polar surface area (TPSA) is 84.5 Å². The maximum absolute atomic E-state index is 11.7. The Hall–Kier alpha value is -1.60. The van der Waals surface area contributed by atoms with Crippen LogP contribution in [0.1, 0.15) is 13.3 Å². The Labute approximate surface area is 100.0 Å². The number of hydrazine groups is 1. The van der Waals surface area contributed by atoms with E-state index in [-0.39, 0.29) is 11.3 Å². The van der Waals surface area contributed by atoms with Gasteiger partial charge in [-0.05, 0) is 24.3 Å². The number of rotatable bonds is 5. The Morgan fingerprint density at radius 3 is 2.35 bits per heavy atom. The van der Waals surface area contributed by atoms with Crippen LogP contribution in [0.4, 0.5) is 0 Å². The molecular weight excluding hydrogens is 244 g/mol. The van der Waals surface area contributed by atoms with Gasteiger partial charge in [0.2, 0.25) is 5.91 Å². The third-order valence-corrected chi connectivity index (χ3v) is 3.28. The van der Waals surface area contributed by atoms with Crippen LogP contribution in [0.2, 0.25) is 0 Å². The van der Waals surface area contributed by atoms with Gasteiger partial charge in [-0.25, -0.2) is 8.42 Å². The first-order chi connectivity index (χ1) is 7.99. The fraction of sp³-hybridized carbons (Fsp3) is 0.300. The Morgan fingerprint density at radius 1 is 1.29 bits per heavy atom. The van der Waals surface area contributed by atoms with Gasteiger partial charge >= 0.3 is 0 Å². The van der Waals surface area contributed by atoms with Crippen molar-refractivity contribution in [1.82, 2.24) is 10.3 Å². The molecule has 1 amide bonds. The standard InChI is InChI=1S/C10H14N2O4S/c1-3-10(13)11-12-17(14,15)9-6-4-8(16-2)5-7-9/h4-7,12H,3H2,1-2H3,(H,11,13). The summed E-state index contributed by atoms with van der Waals surface area (Å²) >= 11 is 0. The summed E-state index contributed by atoms with van der Waals surface area (Å²) in [4.78, 5) is 13.0. The second kappa shape index (κ2) is 5.65. The summed E-state index contributed by atoms with van der Waals surface area (Å²) in [6.45, 7) is 1.62. The summed E-state index contributed by atoms with van der Waals surface area (Å²) in [5, 5.41) is 0. The average Bonchev–Trinajstić information content (AvgIpc) is 2.36. The number of carbonyl (C=O) groups excluding carboxylic acids is 1. The lowest BCUT2D eigenvalue weighted by molar-refractivity contribution is -0.121. The van der Waals surface area contributed by atoms with Crippen LogP contribution in [0.15, 0.2) is 29.2 Å². The van der Waals surface area contributed by atoms with E-state index in [2.05, 4.69) is 5.43 Å². The highest BCUT2D eigenvalue weighted by Crippen LogP contribution is 2.14. The first-order valence-electron chi connectivity index (χ1n) is 4.94. The summed E-state index contributed by atoms with van der Waals surface area (Å²) < 4.78 is 28.3. The molecule has 1 aromatic carbocycles. The van der Waals surface area contributed by atoms with Gasteiger partial charge in [-0.3, -0.25) is 10.2 Å². The van der Waals surface area contributed by atoms with Crippen LogP contribution >= 0.6 is 0 Å². The van der Waals surface area contributed by atoms with Crippen LogP contribution in [-0.4, -0.2) is 21.4 Å². The van der Waals surface area contributed by atoms with Crippen LogP contribution in [0.5, 0.6) is 5.75 Å². The van der Waals surface area contributed by atoms with Crippen molar-refractivity contribution in [2.24, 2.45) is 0 Å². The number of ether oxygens (including phenoxy) is 1. The smallest absolute Gasteiger partial charge is 0.257 e. The third kappa shape index (κ3) is 3.72. The van der Waals surface area contributed by atoms with Gasteiger partial charge < -0.3 is 4.74 Å². The number of sulfonamides is 1. The first kappa shape index (κ1) is 13.5. The zero-order valence-corrected chi connectivity index (χ0v) is 10.4. The molecule has 0 aliphatic heterocycles. The molecule has 2 N–H and O–H groups in total. The Balaban J connectivity index is 2.78. The molecule has 0 aromatic heterocycles. The normalized spacial score (nSPS) is 10.9. The number of benzene rings is 1. The van der Waals surface area contributed by atoms with Gasteiger partial charge in [-0.15, -0.1) is 4.83 Å². The molecule has 0 fully saturated rings. The van der Waals surface area contributed by atoms with Gasteiger partial charge in [0, 0.05) is 6.42 Å². The van der Waals surface area contributed by atoms with Gasteiger partial charge in [0.15, 0.2) is 0 Å². The van der Waals surface area contributed by atoms with Crippen molar-refractivity contribution in [2.45, 2.75) is 18.2 Å². The predicted molar refractivity (Wildman–Crippen MR) is 61.7 cm³/mol. The quantitative estimate of drug-likeness (QED) is 0.749. The minimum atomic E-state index is -3.73. The van der Waals surface area contributed by atoms with Crippen LogP contribution in [0.25, 0.3) is 0 Å². The molecule has 0 atom stereocenters. The zero-order chi connectivity index (χ0) is 12.9. The molecule has 0 unspecified atom stereocenters. The molecule has 0 aliphatic rings. The molecule has 0 aliphatic carbocycles. The molecular formula is C10H14N2O4S. The Bertz CT molecular complexity index is 482. The summed E-state index contributed by atoms with van der Waals surface area (Å²) in [7, 11) is -2.24. The molecule has 0 heterocycles. The van der Waals surface area contributed by atoms with Crippen molar-refractivity contribution in [3.05, 3.63) is 24.3 Å². The Kier molecular flexibility index (Phi) is 4.47. The number of amides is 1. The summed E-state index contributed by atoms with van der Waals surface area (Å²) in [5.41, 5.74) is 2.09. The lowest BCUT2D eigenvalue weighted by Crippen LogP contribution is -2.41. The van der Waals surface area contributed by atoms with Crippen LogP contribution in [0.3, 0.4) is 0 Å². The van der Waals surface area contributed by atoms with Gasteiger partial charge in [-0.1, -0.05) is 6.92 Å². The second-order valence-electron chi connectivity index (χ2n) is 3.18. The monoisotopic (exact) mass is 258 g/mol. The van der Waals surface area contributed by atoms with Crippen LogP contribution in [-0.2, 0) is 14.8 Å². The SMILES string of the molecule is CCC(=O)NNS(=O)(=O)c1ccc(OC)cc1. The molecule has 0 saturated carbocycles. The molecule has 7 heteroatoms. The molecule has 94 valence electrons. The highest BCUT2D eigenvalue weighted by molar-refractivity contribution is 7.89. The average molecular weight is 258 g/mol. The molecule has 0 spiro atoms. The van der Waals surface area contributed by atoms with Crippen LogP contribution in [0, 0.1) is 0 Å². The van der Waals surface area contributed by atoms with Crippen LogP contribution < -0.4 is 15.0 Å². The molecule has 1 aromatic rings. The number of methoxy groups -OCH3 is 1. The van der Waals surface area contributed by atoms with E-state index in [0.717, 1.165) is 0 Å². The molecule has 17 heavy (non-hydrogen) atoms. The maximum Gasteiger partial charge on any atom is 0.257 e. The fourth-order valence-electron chi connectivity index (χ4n) is 1.03. The van der Waals surface area contributed by atoms with Crippen molar-refractivity contribution >= 4 is 15.9 Å². The van der Waals surface area contributed by atoms with Gasteiger partial charge in [-0.2, -0.15) is 0 Å². The van der Waals surface area contributed by atoms with E-state index in [1.807, 2.05) is 4.83 Å². The zero-order valence-electron chi connectivity index (χ0n) is 9.56. The number of hydrogen-bond acceptors (Lipinski definition) is 4. The van der Waals surface area contributed by atoms with E-state index in [1.54, 1.807) is 6.92 Å². The predicted octanol–water partition coefficient (Wildman–Crippen LogP) is 0.415. The number of hydrogen-bond donors (Lipinski definition) is 2. The Morgan fingerprint density at radius 2 is 1.88 bits per heavy atom. The highest BCUT2D eigenvalue weighted by atomic mass is 32.2. The van der Waals surface area contributed by atoms with E-state index in [9.17, 15) is 13.2 Å². The minimum Gasteiger partial charge on any atom is -0.497 e. The van der Waals surface area contributed by atoms with Crippen molar-refractivity contribution in [3.8, 4) is 5.75 Å². The molecule has 0 radical (unpaired) electrons. The van der Waals surface area contributed by atoms with E-state index < -0.39 is 15.9 Å². The molecule has 1 rings (SSSR count).